The van der Waals surface area contributed by atoms with Crippen LogP contribution in [0.5, 0.6) is 0 Å². The molecule has 58 heavy (non-hydrogen) atoms. The minimum atomic E-state index is -4.36. The largest absolute Gasteiger partial charge is 0.472 e. The minimum absolute atomic E-state index is 0.0219. The second kappa shape index (κ2) is 44.8. The molecular formula is C48H90NO8P. The number of carbonyl (C=O) groups excluding carboxylic acids is 2. The van der Waals surface area contributed by atoms with Crippen molar-refractivity contribution >= 4 is 19.8 Å². The first-order valence-corrected chi connectivity index (χ1v) is 25.4. The Morgan fingerprint density at radius 1 is 0.534 bits per heavy atom. The number of unbranched alkanes of at least 4 members (excludes halogenated alkanes) is 25. The molecule has 0 radical (unpaired) electrons. The van der Waals surface area contributed by atoms with E-state index in [1.54, 1.807) is 7.05 Å². The topological polar surface area (TPSA) is 120 Å². The van der Waals surface area contributed by atoms with E-state index in [0.29, 0.717) is 19.4 Å². The first kappa shape index (κ1) is 56.2. The van der Waals surface area contributed by atoms with Crippen molar-refractivity contribution < 1.29 is 37.6 Å². The number of phosphoric ester groups is 1. The summed E-state index contributed by atoms with van der Waals surface area (Å²) in [6, 6.07) is 0. The molecule has 10 heteroatoms. The van der Waals surface area contributed by atoms with Gasteiger partial charge in [-0.15, -0.1) is 0 Å². The molecule has 0 aromatic rings. The van der Waals surface area contributed by atoms with Crippen molar-refractivity contribution in [3.63, 3.8) is 0 Å². The van der Waals surface area contributed by atoms with E-state index in [9.17, 15) is 19.0 Å². The van der Waals surface area contributed by atoms with Crippen LogP contribution in [-0.4, -0.2) is 56.3 Å². The van der Waals surface area contributed by atoms with Gasteiger partial charge in [-0.1, -0.05) is 192 Å². The lowest BCUT2D eigenvalue weighted by Gasteiger charge is -2.20. The van der Waals surface area contributed by atoms with E-state index in [0.717, 1.165) is 44.9 Å². The number of ether oxygens (including phenoxy) is 2. The molecule has 0 spiro atoms. The van der Waals surface area contributed by atoms with Gasteiger partial charge in [-0.3, -0.25) is 18.6 Å². The van der Waals surface area contributed by atoms with Crippen LogP contribution in [0.1, 0.15) is 219 Å². The predicted octanol–water partition coefficient (Wildman–Crippen LogP) is 14.0. The molecule has 2 N–H and O–H groups in total. The molecule has 0 aliphatic rings. The molecule has 0 aliphatic carbocycles. The molecule has 9 nitrogen and oxygen atoms in total. The highest BCUT2D eigenvalue weighted by Crippen LogP contribution is 2.43. The van der Waals surface area contributed by atoms with Gasteiger partial charge in [0, 0.05) is 19.4 Å². The number of hydrogen-bond donors (Lipinski definition) is 2. The predicted molar refractivity (Wildman–Crippen MR) is 243 cm³/mol. The second-order valence-corrected chi connectivity index (χ2v) is 17.4. The molecule has 0 fully saturated rings. The first-order valence-electron chi connectivity index (χ1n) is 23.9. The highest BCUT2D eigenvalue weighted by atomic mass is 31.2. The van der Waals surface area contributed by atoms with Crippen LogP contribution in [0.2, 0.25) is 0 Å². The molecule has 0 aromatic carbocycles. The number of nitrogens with one attached hydrogen (secondary N) is 1. The van der Waals surface area contributed by atoms with Crippen molar-refractivity contribution in [2.24, 2.45) is 0 Å². The number of rotatable bonds is 45. The van der Waals surface area contributed by atoms with Gasteiger partial charge in [0.15, 0.2) is 6.10 Å². The summed E-state index contributed by atoms with van der Waals surface area (Å²) >= 11 is 0. The van der Waals surface area contributed by atoms with E-state index in [2.05, 4.69) is 55.6 Å². The number of likely N-dealkylation sites (N-methyl/N-ethyl adjacent to an activating group) is 1. The molecule has 0 saturated heterocycles. The summed E-state index contributed by atoms with van der Waals surface area (Å²) in [6.45, 7) is 4.18. The lowest BCUT2D eigenvalue weighted by molar-refractivity contribution is -0.161. The van der Waals surface area contributed by atoms with E-state index in [1.165, 1.54) is 135 Å². The van der Waals surface area contributed by atoms with Crippen LogP contribution in [-0.2, 0) is 32.7 Å². The van der Waals surface area contributed by atoms with Crippen molar-refractivity contribution in [3.05, 3.63) is 36.5 Å². The highest BCUT2D eigenvalue weighted by molar-refractivity contribution is 7.47. The van der Waals surface area contributed by atoms with Gasteiger partial charge in [-0.2, -0.15) is 0 Å². The average molecular weight is 840 g/mol. The third-order valence-corrected chi connectivity index (χ3v) is 11.2. The number of phosphoric acid groups is 1. The van der Waals surface area contributed by atoms with E-state index < -0.39 is 32.5 Å². The zero-order valence-electron chi connectivity index (χ0n) is 37.7. The van der Waals surface area contributed by atoms with Gasteiger partial charge in [0.1, 0.15) is 6.61 Å². The quantitative estimate of drug-likeness (QED) is 0.0267. The fourth-order valence-corrected chi connectivity index (χ4v) is 7.37. The molecule has 340 valence electrons. The summed E-state index contributed by atoms with van der Waals surface area (Å²) in [5.74, 6) is -0.843. The van der Waals surface area contributed by atoms with Crippen LogP contribution in [0.3, 0.4) is 0 Å². The summed E-state index contributed by atoms with van der Waals surface area (Å²) in [5.41, 5.74) is 0. The molecule has 0 rings (SSSR count). The fourth-order valence-electron chi connectivity index (χ4n) is 6.62. The van der Waals surface area contributed by atoms with E-state index in [1.807, 2.05) is 0 Å². The van der Waals surface area contributed by atoms with Crippen molar-refractivity contribution in [1.82, 2.24) is 5.32 Å². The first-order chi connectivity index (χ1) is 28.3. The van der Waals surface area contributed by atoms with Crippen molar-refractivity contribution in [2.45, 2.75) is 225 Å². The summed E-state index contributed by atoms with van der Waals surface area (Å²) in [7, 11) is -2.66. The number of hydrogen-bond acceptors (Lipinski definition) is 8. The Bertz CT molecular complexity index is 1050. The van der Waals surface area contributed by atoms with Crippen LogP contribution in [0.4, 0.5) is 0 Å². The molecule has 0 amide bonds. The third-order valence-electron chi connectivity index (χ3n) is 10.3. The smallest absolute Gasteiger partial charge is 0.462 e. The van der Waals surface area contributed by atoms with E-state index in [4.69, 9.17) is 18.5 Å². The lowest BCUT2D eigenvalue weighted by atomic mass is 10.0. The zero-order valence-corrected chi connectivity index (χ0v) is 38.6. The number of allylic oxidation sites excluding steroid dienone is 6. The molecule has 0 aromatic heterocycles. The molecule has 2 unspecified atom stereocenters. The minimum Gasteiger partial charge on any atom is -0.462 e. The van der Waals surface area contributed by atoms with Crippen molar-refractivity contribution in [1.29, 1.82) is 0 Å². The van der Waals surface area contributed by atoms with E-state index >= 15 is 0 Å². The van der Waals surface area contributed by atoms with Crippen LogP contribution in [0.15, 0.2) is 36.5 Å². The normalized spacial score (nSPS) is 13.5. The summed E-state index contributed by atoms with van der Waals surface area (Å²) in [6.07, 6.45) is 49.1. The maximum atomic E-state index is 12.7. The van der Waals surface area contributed by atoms with Gasteiger partial charge >= 0.3 is 19.8 Å². The molecular weight excluding hydrogens is 750 g/mol. The number of carbonyl (C=O) groups is 2. The zero-order chi connectivity index (χ0) is 42.5. The summed E-state index contributed by atoms with van der Waals surface area (Å²) in [5, 5.41) is 2.82. The Morgan fingerprint density at radius 2 is 0.931 bits per heavy atom. The maximum absolute atomic E-state index is 12.7. The molecule has 0 bridgehead atoms. The lowest BCUT2D eigenvalue weighted by Crippen LogP contribution is -2.29. The summed E-state index contributed by atoms with van der Waals surface area (Å²) < 4.78 is 33.2. The SMILES string of the molecule is CCCCC/C=C\C/C=C\C/C=C\CCCCC(=O)OCC(COP(=O)(O)OCCNC)OC(=O)CCCCCCCCCCCCCCCCCCCCCCC. The molecule has 2 atom stereocenters. The van der Waals surface area contributed by atoms with Gasteiger partial charge < -0.3 is 19.7 Å². The Balaban J connectivity index is 4.16. The van der Waals surface area contributed by atoms with Gasteiger partial charge in [0.2, 0.25) is 0 Å². The average Bonchev–Trinajstić information content (AvgIpc) is 3.21. The number of esters is 2. The second-order valence-electron chi connectivity index (χ2n) is 15.9. The molecule has 0 heterocycles. The van der Waals surface area contributed by atoms with E-state index in [-0.39, 0.29) is 26.1 Å². The van der Waals surface area contributed by atoms with Gasteiger partial charge in [-0.05, 0) is 58.4 Å². The van der Waals surface area contributed by atoms with Crippen LogP contribution in [0.25, 0.3) is 0 Å². The standard InChI is InChI=1S/C48H90NO8P/c1-4-6-8-10-12-14-16-18-20-21-22-23-24-25-27-29-31-33-35-37-39-41-48(51)57-46(45-56-58(52,53)55-43-42-49-3)44-54-47(50)40-38-36-34-32-30-28-26-19-17-15-13-11-9-7-5-2/h13,15,19,26,30,32,46,49H,4-12,14,16-18,20-25,27-29,31,33-45H2,1-3H3,(H,52,53)/b15-13-,26-19-,32-30-. The van der Waals surface area contributed by atoms with Crippen molar-refractivity contribution in [2.75, 3.05) is 33.4 Å². The van der Waals surface area contributed by atoms with Crippen molar-refractivity contribution in [3.8, 4) is 0 Å². The Hall–Kier alpha value is -1.77. The summed E-state index contributed by atoms with van der Waals surface area (Å²) in [4.78, 5) is 35.1. The monoisotopic (exact) mass is 840 g/mol. The third kappa shape index (κ3) is 43.8. The molecule has 0 saturated carbocycles. The van der Waals surface area contributed by atoms with Gasteiger partial charge in [-0.25, -0.2) is 4.57 Å². The van der Waals surface area contributed by atoms with Crippen LogP contribution >= 0.6 is 7.82 Å². The Morgan fingerprint density at radius 3 is 1.41 bits per heavy atom. The van der Waals surface area contributed by atoms with Crippen LogP contribution < -0.4 is 5.32 Å². The molecule has 0 aliphatic heterocycles. The maximum Gasteiger partial charge on any atom is 0.472 e. The van der Waals surface area contributed by atoms with Crippen LogP contribution in [0, 0.1) is 0 Å². The fraction of sp³-hybridized carbons (Fsp3) is 0.833. The van der Waals surface area contributed by atoms with Gasteiger partial charge in [0.05, 0.1) is 13.2 Å². The Kier molecular flexibility index (Phi) is 43.4. The highest BCUT2D eigenvalue weighted by Gasteiger charge is 2.26. The van der Waals surface area contributed by atoms with Gasteiger partial charge in [0.25, 0.3) is 0 Å². The Labute approximate surface area is 356 Å².